The monoisotopic (exact) mass is 291 g/mol. The molecule has 1 aliphatic heterocycles. The van der Waals surface area contributed by atoms with Gasteiger partial charge in [-0.2, -0.15) is 0 Å². The third kappa shape index (κ3) is 3.91. The second-order valence-corrected chi connectivity index (χ2v) is 5.49. The fourth-order valence-corrected chi connectivity index (χ4v) is 2.72. The molecule has 1 aromatic rings. The number of likely N-dealkylation sites (N-methyl/N-ethyl adjacent to an activating group) is 1. The van der Waals surface area contributed by atoms with Crippen molar-refractivity contribution in [2.24, 2.45) is 0 Å². The molecule has 1 amide bonds. The van der Waals surface area contributed by atoms with Crippen LogP contribution in [0.4, 0.5) is 5.82 Å². The molecule has 0 aromatic carbocycles. The summed E-state index contributed by atoms with van der Waals surface area (Å²) in [5, 5.41) is 3.08. The first-order valence-electron chi connectivity index (χ1n) is 7.71. The topological polar surface area (TPSA) is 61.4 Å². The normalized spacial score (nSPS) is 20.1. The number of carbonyl (C=O) groups is 1. The van der Waals surface area contributed by atoms with E-state index in [2.05, 4.69) is 34.2 Å². The van der Waals surface area contributed by atoms with Crippen LogP contribution in [0.15, 0.2) is 12.4 Å². The van der Waals surface area contributed by atoms with Gasteiger partial charge in [-0.05, 0) is 33.4 Å². The van der Waals surface area contributed by atoms with E-state index in [-0.39, 0.29) is 11.9 Å². The first-order valence-corrected chi connectivity index (χ1v) is 7.71. The highest BCUT2D eigenvalue weighted by atomic mass is 16.2. The lowest BCUT2D eigenvalue weighted by Crippen LogP contribution is -2.43. The number of hydrogen-bond donors (Lipinski definition) is 1. The van der Waals surface area contributed by atoms with E-state index in [1.807, 2.05) is 11.8 Å². The highest BCUT2D eigenvalue weighted by molar-refractivity contribution is 5.92. The number of rotatable bonds is 4. The number of nitrogens with one attached hydrogen (secondary N) is 1. The fourth-order valence-electron chi connectivity index (χ4n) is 2.72. The van der Waals surface area contributed by atoms with Crippen LogP contribution in [0.1, 0.15) is 37.2 Å². The van der Waals surface area contributed by atoms with E-state index in [0.29, 0.717) is 11.5 Å². The zero-order valence-corrected chi connectivity index (χ0v) is 13.2. The van der Waals surface area contributed by atoms with Crippen LogP contribution in [0.5, 0.6) is 0 Å². The van der Waals surface area contributed by atoms with Crippen LogP contribution >= 0.6 is 0 Å². The second kappa shape index (κ2) is 7.36. The van der Waals surface area contributed by atoms with E-state index >= 15 is 0 Å². The molecule has 6 nitrogen and oxygen atoms in total. The molecule has 1 aliphatic rings. The molecule has 6 heteroatoms. The molecule has 1 aromatic heterocycles. The van der Waals surface area contributed by atoms with Gasteiger partial charge in [0.1, 0.15) is 11.5 Å². The van der Waals surface area contributed by atoms with Crippen molar-refractivity contribution in [3.63, 3.8) is 0 Å². The van der Waals surface area contributed by atoms with Crippen molar-refractivity contribution in [3.8, 4) is 0 Å². The highest BCUT2D eigenvalue weighted by Crippen LogP contribution is 2.15. The van der Waals surface area contributed by atoms with E-state index in [9.17, 15) is 4.79 Å². The van der Waals surface area contributed by atoms with Crippen molar-refractivity contribution in [1.82, 2.24) is 19.8 Å². The van der Waals surface area contributed by atoms with E-state index in [4.69, 9.17) is 0 Å². The molecule has 116 valence electrons. The van der Waals surface area contributed by atoms with Gasteiger partial charge in [0, 0.05) is 25.7 Å². The summed E-state index contributed by atoms with van der Waals surface area (Å²) in [5.74, 6) is 0.699. The van der Waals surface area contributed by atoms with Gasteiger partial charge in [0.2, 0.25) is 0 Å². The quantitative estimate of drug-likeness (QED) is 0.910. The number of carbonyl (C=O) groups excluding carboxylic acids is 1. The third-order valence-electron chi connectivity index (χ3n) is 3.86. The van der Waals surface area contributed by atoms with Gasteiger partial charge in [0.05, 0.1) is 12.4 Å². The predicted molar refractivity (Wildman–Crippen MR) is 83.4 cm³/mol. The number of aromatic nitrogens is 2. The Hall–Kier alpha value is -1.69. The Labute approximate surface area is 126 Å². The lowest BCUT2D eigenvalue weighted by Gasteiger charge is -2.29. The summed E-state index contributed by atoms with van der Waals surface area (Å²) in [6.07, 6.45) is 5.16. The SMILES string of the molecule is CCNc1cnc(C(=O)N2CCCN(C)CC2CC)cn1. The van der Waals surface area contributed by atoms with E-state index in [1.165, 1.54) is 0 Å². The van der Waals surface area contributed by atoms with Crippen molar-refractivity contribution in [1.29, 1.82) is 0 Å². The van der Waals surface area contributed by atoms with Crippen molar-refractivity contribution in [2.45, 2.75) is 32.7 Å². The maximum Gasteiger partial charge on any atom is 0.274 e. The van der Waals surface area contributed by atoms with Crippen molar-refractivity contribution < 1.29 is 4.79 Å². The molecule has 1 fully saturated rings. The summed E-state index contributed by atoms with van der Waals surface area (Å²) < 4.78 is 0. The molecule has 21 heavy (non-hydrogen) atoms. The summed E-state index contributed by atoms with van der Waals surface area (Å²) in [6, 6.07) is 0.250. The smallest absolute Gasteiger partial charge is 0.274 e. The van der Waals surface area contributed by atoms with E-state index < -0.39 is 0 Å². The molecule has 0 saturated carbocycles. The first kappa shape index (κ1) is 15.7. The van der Waals surface area contributed by atoms with E-state index in [1.54, 1.807) is 12.4 Å². The Kier molecular flexibility index (Phi) is 5.50. The molecule has 0 spiro atoms. The molecule has 1 N–H and O–H groups in total. The zero-order valence-electron chi connectivity index (χ0n) is 13.2. The number of hydrogen-bond acceptors (Lipinski definition) is 5. The van der Waals surface area contributed by atoms with Gasteiger partial charge in [-0.25, -0.2) is 9.97 Å². The summed E-state index contributed by atoms with van der Waals surface area (Å²) in [7, 11) is 2.11. The van der Waals surface area contributed by atoms with Crippen LogP contribution in [-0.2, 0) is 0 Å². The number of nitrogens with zero attached hydrogens (tertiary/aromatic N) is 4. The summed E-state index contributed by atoms with van der Waals surface area (Å²) in [5.41, 5.74) is 0.430. The molecule has 0 bridgehead atoms. The number of amides is 1. The van der Waals surface area contributed by atoms with Gasteiger partial charge < -0.3 is 15.1 Å². The zero-order chi connectivity index (χ0) is 15.2. The van der Waals surface area contributed by atoms with Crippen molar-refractivity contribution in [2.75, 3.05) is 38.5 Å². The summed E-state index contributed by atoms with van der Waals surface area (Å²) >= 11 is 0. The fraction of sp³-hybridized carbons (Fsp3) is 0.667. The largest absolute Gasteiger partial charge is 0.369 e. The van der Waals surface area contributed by atoms with Gasteiger partial charge in [0.15, 0.2) is 0 Å². The lowest BCUT2D eigenvalue weighted by molar-refractivity contribution is 0.0669. The average molecular weight is 291 g/mol. The molecule has 1 saturated heterocycles. The van der Waals surface area contributed by atoms with E-state index in [0.717, 1.165) is 39.0 Å². The molecular formula is C15H25N5O. The Morgan fingerprint density at radius 2 is 2.14 bits per heavy atom. The Bertz CT molecular complexity index is 462. The summed E-state index contributed by atoms with van der Waals surface area (Å²) in [4.78, 5) is 25.4. The molecule has 1 atom stereocenters. The van der Waals surface area contributed by atoms with Gasteiger partial charge in [-0.1, -0.05) is 6.92 Å². The highest BCUT2D eigenvalue weighted by Gasteiger charge is 2.27. The average Bonchev–Trinajstić information content (AvgIpc) is 2.69. The van der Waals surface area contributed by atoms with Gasteiger partial charge in [0.25, 0.3) is 5.91 Å². The Balaban J connectivity index is 2.12. The lowest BCUT2D eigenvalue weighted by atomic mass is 10.1. The second-order valence-electron chi connectivity index (χ2n) is 5.49. The minimum Gasteiger partial charge on any atom is -0.369 e. The van der Waals surface area contributed by atoms with Crippen molar-refractivity contribution in [3.05, 3.63) is 18.1 Å². The molecule has 1 unspecified atom stereocenters. The first-order chi connectivity index (χ1) is 10.2. The van der Waals surface area contributed by atoms with Crippen LogP contribution < -0.4 is 5.32 Å². The van der Waals surface area contributed by atoms with Crippen LogP contribution in [-0.4, -0.2) is 64.9 Å². The maximum atomic E-state index is 12.7. The van der Waals surface area contributed by atoms with Crippen LogP contribution in [0, 0.1) is 0 Å². The standard InChI is InChI=1S/C15H25N5O/c1-4-12-11-19(3)7-6-8-20(12)15(21)13-9-18-14(10-17-13)16-5-2/h9-10,12H,4-8,11H2,1-3H3,(H,16,18). The van der Waals surface area contributed by atoms with Gasteiger partial charge in [-0.15, -0.1) is 0 Å². The van der Waals surface area contributed by atoms with Crippen LogP contribution in [0.25, 0.3) is 0 Å². The Morgan fingerprint density at radius 1 is 1.33 bits per heavy atom. The van der Waals surface area contributed by atoms with Crippen LogP contribution in [0.2, 0.25) is 0 Å². The predicted octanol–water partition coefficient (Wildman–Crippen LogP) is 1.46. The van der Waals surface area contributed by atoms with Gasteiger partial charge in [-0.3, -0.25) is 4.79 Å². The molecule has 2 heterocycles. The molecule has 0 aliphatic carbocycles. The summed E-state index contributed by atoms with van der Waals surface area (Å²) in [6.45, 7) is 7.66. The van der Waals surface area contributed by atoms with Gasteiger partial charge >= 0.3 is 0 Å². The maximum absolute atomic E-state index is 12.7. The number of anilines is 1. The molecule has 0 radical (unpaired) electrons. The minimum atomic E-state index is -0.00676. The third-order valence-corrected chi connectivity index (χ3v) is 3.86. The van der Waals surface area contributed by atoms with Crippen LogP contribution in [0.3, 0.4) is 0 Å². The molecule has 2 rings (SSSR count). The van der Waals surface area contributed by atoms with Crippen molar-refractivity contribution >= 4 is 11.7 Å². The Morgan fingerprint density at radius 3 is 2.76 bits per heavy atom. The molecular weight excluding hydrogens is 266 g/mol. The minimum absolute atomic E-state index is 0.00676.